The van der Waals surface area contributed by atoms with Crippen LogP contribution in [0.5, 0.6) is 0 Å². The lowest BCUT2D eigenvalue weighted by Crippen LogP contribution is -2.31. The van der Waals surface area contributed by atoms with Gasteiger partial charge in [0, 0.05) is 11.5 Å². The molecular weight excluding hydrogens is 308 g/mol. The summed E-state index contributed by atoms with van der Waals surface area (Å²) in [5, 5.41) is 14.9. The third-order valence-corrected chi connectivity index (χ3v) is 4.71. The quantitative estimate of drug-likeness (QED) is 0.740. The van der Waals surface area contributed by atoms with E-state index in [2.05, 4.69) is 20.1 Å². The van der Waals surface area contributed by atoms with E-state index in [-0.39, 0.29) is 11.9 Å². The third kappa shape index (κ3) is 2.43. The van der Waals surface area contributed by atoms with E-state index in [0.717, 1.165) is 24.8 Å². The molecule has 1 aliphatic rings. The van der Waals surface area contributed by atoms with Crippen LogP contribution in [0.25, 0.3) is 17.2 Å². The van der Waals surface area contributed by atoms with Crippen LogP contribution in [0.15, 0.2) is 16.9 Å². The fourth-order valence-corrected chi connectivity index (χ4v) is 3.49. The Bertz CT molecular complexity index is 884. The lowest BCUT2D eigenvalue weighted by molar-refractivity contribution is 0.0134. The van der Waals surface area contributed by atoms with E-state index < -0.39 is 5.60 Å². The number of aryl methyl sites for hydroxylation is 1. The lowest BCUT2D eigenvalue weighted by Gasteiger charge is -2.32. The third-order valence-electron chi connectivity index (χ3n) is 4.71. The Balaban J connectivity index is 1.81. The van der Waals surface area contributed by atoms with E-state index in [4.69, 9.17) is 10.2 Å². The van der Waals surface area contributed by atoms with Crippen molar-refractivity contribution in [3.8, 4) is 11.6 Å². The summed E-state index contributed by atoms with van der Waals surface area (Å²) in [6, 6.07) is 0. The van der Waals surface area contributed by atoms with Crippen LogP contribution in [0.1, 0.15) is 49.9 Å². The van der Waals surface area contributed by atoms with E-state index in [9.17, 15) is 5.11 Å². The topological polar surface area (TPSA) is 115 Å². The van der Waals surface area contributed by atoms with E-state index in [1.807, 2.05) is 13.8 Å². The fraction of sp³-hybridized carbons (Fsp3) is 0.500. The van der Waals surface area contributed by atoms with Gasteiger partial charge in [-0.2, -0.15) is 4.52 Å². The van der Waals surface area contributed by atoms with Gasteiger partial charge < -0.3 is 15.3 Å². The van der Waals surface area contributed by atoms with Crippen LogP contribution in [-0.4, -0.2) is 35.3 Å². The number of hydrogen-bond donors (Lipinski definition) is 2. The molecule has 0 amide bonds. The Morgan fingerprint density at radius 1 is 1.42 bits per heavy atom. The number of anilines is 1. The minimum atomic E-state index is -0.664. The summed E-state index contributed by atoms with van der Waals surface area (Å²) in [7, 11) is 0. The number of aliphatic hydroxyl groups is 1. The second kappa shape index (κ2) is 5.27. The highest BCUT2D eigenvalue weighted by atomic mass is 16.3. The Morgan fingerprint density at radius 2 is 2.25 bits per heavy atom. The second-order valence-corrected chi connectivity index (χ2v) is 6.78. The normalized spacial score (nSPS) is 24.5. The van der Waals surface area contributed by atoms with Crippen molar-refractivity contribution >= 4 is 11.6 Å². The molecule has 8 heteroatoms. The smallest absolute Gasteiger partial charge is 0.245 e. The average molecular weight is 328 g/mol. The Hall–Kier alpha value is -2.48. The first-order valence-electron chi connectivity index (χ1n) is 8.09. The molecule has 1 saturated carbocycles. The van der Waals surface area contributed by atoms with Crippen LogP contribution in [0, 0.1) is 6.92 Å². The van der Waals surface area contributed by atoms with Gasteiger partial charge in [-0.3, -0.25) is 0 Å². The van der Waals surface area contributed by atoms with Gasteiger partial charge >= 0.3 is 0 Å². The summed E-state index contributed by atoms with van der Waals surface area (Å²) in [6.07, 6.45) is 6.46. The highest BCUT2D eigenvalue weighted by molar-refractivity contribution is 5.65. The summed E-state index contributed by atoms with van der Waals surface area (Å²) >= 11 is 0. The molecule has 0 bridgehead atoms. The molecule has 1 fully saturated rings. The predicted octanol–water partition coefficient (Wildman–Crippen LogP) is 2.08. The van der Waals surface area contributed by atoms with Crippen molar-refractivity contribution < 1.29 is 9.52 Å². The summed E-state index contributed by atoms with van der Waals surface area (Å²) in [5.41, 5.74) is 7.43. The number of oxazole rings is 1. The zero-order chi connectivity index (χ0) is 16.9. The summed E-state index contributed by atoms with van der Waals surface area (Å²) in [5.74, 6) is 1.48. The molecule has 8 nitrogen and oxygen atoms in total. The molecule has 3 N–H and O–H groups in total. The summed E-state index contributed by atoms with van der Waals surface area (Å²) in [6.45, 7) is 3.77. The van der Waals surface area contributed by atoms with Crippen molar-refractivity contribution in [2.45, 2.75) is 51.0 Å². The largest absolute Gasteiger partial charge is 0.443 e. The van der Waals surface area contributed by atoms with Crippen molar-refractivity contribution in [3.63, 3.8) is 0 Å². The highest BCUT2D eigenvalue weighted by Gasteiger charge is 2.33. The van der Waals surface area contributed by atoms with Crippen molar-refractivity contribution in [2.24, 2.45) is 0 Å². The summed E-state index contributed by atoms with van der Waals surface area (Å²) in [4.78, 5) is 13.2. The Labute approximate surface area is 138 Å². The fourth-order valence-electron chi connectivity index (χ4n) is 3.49. The van der Waals surface area contributed by atoms with Crippen molar-refractivity contribution in [2.75, 3.05) is 5.73 Å². The molecule has 0 spiro atoms. The van der Waals surface area contributed by atoms with E-state index >= 15 is 0 Å². The maximum absolute atomic E-state index is 10.3. The molecule has 4 rings (SSSR count). The number of nitrogen functional groups attached to an aromatic ring is 1. The first-order chi connectivity index (χ1) is 11.4. The van der Waals surface area contributed by atoms with Gasteiger partial charge in [-0.05, 0) is 39.5 Å². The Morgan fingerprint density at radius 3 is 2.96 bits per heavy atom. The molecule has 3 heterocycles. The van der Waals surface area contributed by atoms with Gasteiger partial charge in [-0.15, -0.1) is 5.10 Å². The minimum Gasteiger partial charge on any atom is -0.443 e. The Kier molecular flexibility index (Phi) is 3.31. The average Bonchev–Trinajstić information content (AvgIpc) is 3.19. The number of fused-ring (bicyclic) bond motifs is 1. The van der Waals surface area contributed by atoms with Crippen LogP contribution >= 0.6 is 0 Å². The van der Waals surface area contributed by atoms with Crippen LogP contribution in [0.2, 0.25) is 0 Å². The van der Waals surface area contributed by atoms with Gasteiger partial charge in [0.05, 0.1) is 11.8 Å². The van der Waals surface area contributed by atoms with Gasteiger partial charge in [0.2, 0.25) is 11.8 Å². The maximum atomic E-state index is 10.3. The van der Waals surface area contributed by atoms with Gasteiger partial charge in [-0.25, -0.2) is 15.0 Å². The number of aromatic nitrogens is 5. The molecule has 0 saturated heterocycles. The molecule has 2 atom stereocenters. The molecule has 0 aliphatic heterocycles. The molecule has 3 aromatic rings. The number of nitrogens with zero attached hydrogens (tertiary/aromatic N) is 5. The first-order valence-corrected chi connectivity index (χ1v) is 8.09. The van der Waals surface area contributed by atoms with Crippen LogP contribution < -0.4 is 5.73 Å². The highest BCUT2D eigenvalue weighted by Crippen LogP contribution is 2.37. The molecule has 0 unspecified atom stereocenters. The molecule has 126 valence electrons. The molecule has 24 heavy (non-hydrogen) atoms. The molecule has 3 aromatic heterocycles. The van der Waals surface area contributed by atoms with Crippen molar-refractivity contribution in [3.05, 3.63) is 23.8 Å². The van der Waals surface area contributed by atoms with Crippen LogP contribution in [0.4, 0.5) is 5.95 Å². The van der Waals surface area contributed by atoms with E-state index in [1.165, 1.54) is 6.26 Å². The predicted molar refractivity (Wildman–Crippen MR) is 87.3 cm³/mol. The zero-order valence-corrected chi connectivity index (χ0v) is 13.7. The van der Waals surface area contributed by atoms with Gasteiger partial charge in [0.15, 0.2) is 11.5 Å². The maximum Gasteiger partial charge on any atom is 0.245 e. The summed E-state index contributed by atoms with van der Waals surface area (Å²) < 4.78 is 6.89. The van der Waals surface area contributed by atoms with Crippen molar-refractivity contribution in [1.29, 1.82) is 0 Å². The second-order valence-electron chi connectivity index (χ2n) is 6.78. The van der Waals surface area contributed by atoms with E-state index in [0.29, 0.717) is 29.5 Å². The number of hydrogen-bond acceptors (Lipinski definition) is 7. The lowest BCUT2D eigenvalue weighted by atomic mass is 9.79. The minimum absolute atomic E-state index is 0.123. The number of nitrogens with two attached hydrogens (primary N) is 1. The van der Waals surface area contributed by atoms with Gasteiger partial charge in [0.1, 0.15) is 12.0 Å². The van der Waals surface area contributed by atoms with Crippen LogP contribution in [-0.2, 0) is 0 Å². The van der Waals surface area contributed by atoms with Gasteiger partial charge in [0.25, 0.3) is 0 Å². The monoisotopic (exact) mass is 328 g/mol. The van der Waals surface area contributed by atoms with Crippen molar-refractivity contribution in [1.82, 2.24) is 24.6 Å². The molecular formula is C16H20N6O2. The van der Waals surface area contributed by atoms with Crippen LogP contribution in [0.3, 0.4) is 0 Å². The SMILES string of the molecule is Cc1c(-c2ncco2)nc(N)n2nc([C@H]3CCC[C@@](C)(O)C3)nc12. The van der Waals surface area contributed by atoms with Gasteiger partial charge in [-0.1, -0.05) is 0 Å². The standard InChI is InChI=1S/C16H20N6O2/c1-9-11(14-18-6-7-24-14)19-15(17)22-13(9)20-12(21-22)10-4-3-5-16(2,23)8-10/h6-7,10,23H,3-5,8H2,1-2H3,(H2,17,19)/t10-,16+/m0/s1. The number of rotatable bonds is 2. The first kappa shape index (κ1) is 15.1. The molecule has 0 radical (unpaired) electrons. The molecule has 0 aromatic carbocycles. The van der Waals surface area contributed by atoms with E-state index in [1.54, 1.807) is 10.7 Å². The zero-order valence-electron chi connectivity index (χ0n) is 13.7. The molecule has 1 aliphatic carbocycles.